The van der Waals surface area contributed by atoms with E-state index in [-0.39, 0.29) is 21.8 Å². The summed E-state index contributed by atoms with van der Waals surface area (Å²) >= 11 is 11.6. The van der Waals surface area contributed by atoms with Crippen molar-refractivity contribution in [2.24, 2.45) is 11.7 Å². The topological polar surface area (TPSA) is 46.2 Å². The van der Waals surface area contributed by atoms with Gasteiger partial charge in [-0.05, 0) is 23.6 Å². The van der Waals surface area contributed by atoms with Gasteiger partial charge in [-0.1, -0.05) is 43.5 Å². The lowest BCUT2D eigenvalue weighted by atomic mass is 9.93. The molecule has 3 N–H and O–H groups in total. The highest BCUT2D eigenvalue weighted by Crippen LogP contribution is 2.35. The summed E-state index contributed by atoms with van der Waals surface area (Å²) in [5.41, 5.74) is 6.90. The molecule has 0 spiro atoms. The predicted octanol–water partition coefficient (Wildman–Crippen LogP) is 3.74. The molecule has 0 heterocycles. The molecule has 0 aliphatic carbocycles. The number of hydrogen-bond donors (Lipinski definition) is 2. The fourth-order valence-corrected chi connectivity index (χ4v) is 1.86. The van der Waals surface area contributed by atoms with Crippen LogP contribution in [-0.2, 0) is 0 Å². The number of phenolic OH excluding ortho intramolecular Hbond substituents is 1. The highest BCUT2D eigenvalue weighted by atomic mass is 35.5. The zero-order chi connectivity index (χ0) is 11.6. The maximum absolute atomic E-state index is 9.40. The van der Waals surface area contributed by atoms with Crippen molar-refractivity contribution in [3.63, 3.8) is 0 Å². The van der Waals surface area contributed by atoms with Crippen molar-refractivity contribution in [3.8, 4) is 5.75 Å². The molecule has 1 rings (SSSR count). The Labute approximate surface area is 100.0 Å². The molecule has 0 aromatic heterocycles. The average molecular weight is 248 g/mol. The molecule has 1 unspecified atom stereocenters. The largest absolute Gasteiger partial charge is 0.505 e. The van der Waals surface area contributed by atoms with Gasteiger partial charge in [0.05, 0.1) is 10.0 Å². The summed E-state index contributed by atoms with van der Waals surface area (Å²) in [7, 11) is 0. The lowest BCUT2D eigenvalue weighted by molar-refractivity contribution is 0.453. The zero-order valence-corrected chi connectivity index (χ0v) is 10.3. The fourth-order valence-electron chi connectivity index (χ4n) is 1.36. The molecule has 0 bridgehead atoms. The number of phenols is 1. The normalized spacial score (nSPS) is 15.0. The van der Waals surface area contributed by atoms with Gasteiger partial charge < -0.3 is 10.8 Å². The van der Waals surface area contributed by atoms with E-state index in [9.17, 15) is 5.11 Å². The van der Waals surface area contributed by atoms with Crippen LogP contribution in [0.3, 0.4) is 0 Å². The van der Waals surface area contributed by atoms with E-state index in [1.165, 1.54) is 0 Å². The van der Waals surface area contributed by atoms with E-state index >= 15 is 0 Å². The minimum absolute atomic E-state index is 0.0848. The minimum atomic E-state index is -0.106. The lowest BCUT2D eigenvalue weighted by Gasteiger charge is -2.19. The minimum Gasteiger partial charge on any atom is -0.505 e. The molecule has 2 atom stereocenters. The van der Waals surface area contributed by atoms with E-state index in [0.29, 0.717) is 5.92 Å². The summed E-state index contributed by atoms with van der Waals surface area (Å²) in [5.74, 6) is 0.264. The van der Waals surface area contributed by atoms with E-state index in [4.69, 9.17) is 28.9 Å². The first-order chi connectivity index (χ1) is 6.97. The lowest BCUT2D eigenvalue weighted by Crippen LogP contribution is -2.18. The second-order valence-corrected chi connectivity index (χ2v) is 4.56. The van der Waals surface area contributed by atoms with Crippen LogP contribution in [0, 0.1) is 5.92 Å². The Bertz CT molecular complexity index is 331. The zero-order valence-electron chi connectivity index (χ0n) is 8.80. The summed E-state index contributed by atoms with van der Waals surface area (Å²) < 4.78 is 0. The van der Waals surface area contributed by atoms with Crippen LogP contribution in [0.15, 0.2) is 12.1 Å². The Morgan fingerprint density at radius 1 is 1.33 bits per heavy atom. The number of benzene rings is 1. The van der Waals surface area contributed by atoms with Crippen LogP contribution < -0.4 is 5.73 Å². The van der Waals surface area contributed by atoms with Gasteiger partial charge in [-0.15, -0.1) is 0 Å². The third-order valence-electron chi connectivity index (χ3n) is 2.68. The first-order valence-electron chi connectivity index (χ1n) is 4.90. The first kappa shape index (κ1) is 12.6. The molecule has 0 saturated heterocycles. The van der Waals surface area contributed by atoms with Gasteiger partial charge in [-0.2, -0.15) is 0 Å². The molecule has 84 valence electrons. The first-order valence-corrected chi connectivity index (χ1v) is 5.66. The van der Waals surface area contributed by atoms with Crippen molar-refractivity contribution in [1.82, 2.24) is 0 Å². The molecule has 4 heteroatoms. The smallest absolute Gasteiger partial charge is 0.152 e. The van der Waals surface area contributed by atoms with Crippen LogP contribution >= 0.6 is 23.2 Å². The van der Waals surface area contributed by atoms with Crippen molar-refractivity contribution in [3.05, 3.63) is 27.7 Å². The van der Waals surface area contributed by atoms with Gasteiger partial charge in [-0.3, -0.25) is 0 Å². The van der Waals surface area contributed by atoms with Crippen LogP contribution in [0.4, 0.5) is 0 Å². The molecule has 0 fully saturated rings. The standard InChI is InChI=1S/C11H15Cl2NO/c1-3-6(2)10(14)7-4-8(12)11(15)9(13)5-7/h4-6,10,15H,3,14H2,1-2H3/t6?,10-/m1/s1. The number of aromatic hydroxyl groups is 1. The molecule has 0 saturated carbocycles. The maximum Gasteiger partial charge on any atom is 0.152 e. The van der Waals surface area contributed by atoms with Crippen molar-refractivity contribution in [2.45, 2.75) is 26.3 Å². The second kappa shape index (κ2) is 5.06. The van der Waals surface area contributed by atoms with E-state index < -0.39 is 0 Å². The van der Waals surface area contributed by atoms with E-state index in [2.05, 4.69) is 13.8 Å². The Morgan fingerprint density at radius 2 is 1.80 bits per heavy atom. The van der Waals surface area contributed by atoms with Crippen molar-refractivity contribution < 1.29 is 5.11 Å². The Balaban J connectivity index is 3.06. The summed E-state index contributed by atoms with van der Waals surface area (Å²) in [6.07, 6.45) is 0.983. The van der Waals surface area contributed by atoms with Gasteiger partial charge in [0, 0.05) is 6.04 Å². The molecule has 2 nitrogen and oxygen atoms in total. The number of hydrogen-bond acceptors (Lipinski definition) is 2. The molecule has 15 heavy (non-hydrogen) atoms. The van der Waals surface area contributed by atoms with E-state index in [1.807, 2.05) is 0 Å². The van der Waals surface area contributed by atoms with Crippen LogP contribution in [0.25, 0.3) is 0 Å². The second-order valence-electron chi connectivity index (χ2n) is 3.74. The van der Waals surface area contributed by atoms with E-state index in [0.717, 1.165) is 12.0 Å². The SMILES string of the molecule is CCC(C)[C@@H](N)c1cc(Cl)c(O)c(Cl)c1. The van der Waals surface area contributed by atoms with E-state index in [1.54, 1.807) is 12.1 Å². The number of halogens is 2. The molecule has 0 amide bonds. The quantitative estimate of drug-likeness (QED) is 0.855. The number of nitrogens with two attached hydrogens (primary N) is 1. The molecule has 0 aliphatic rings. The van der Waals surface area contributed by atoms with Crippen LogP contribution in [0.5, 0.6) is 5.75 Å². The van der Waals surface area contributed by atoms with Crippen molar-refractivity contribution >= 4 is 23.2 Å². The molecule has 0 radical (unpaired) electrons. The number of rotatable bonds is 3. The van der Waals surface area contributed by atoms with Crippen LogP contribution in [0.1, 0.15) is 31.9 Å². The van der Waals surface area contributed by atoms with Crippen LogP contribution in [-0.4, -0.2) is 5.11 Å². The maximum atomic E-state index is 9.40. The monoisotopic (exact) mass is 247 g/mol. The average Bonchev–Trinajstić information content (AvgIpc) is 2.23. The highest BCUT2D eigenvalue weighted by molar-refractivity contribution is 6.37. The molecular weight excluding hydrogens is 233 g/mol. The van der Waals surface area contributed by atoms with Gasteiger partial charge in [0.25, 0.3) is 0 Å². The molecular formula is C11H15Cl2NO. The summed E-state index contributed by atoms with van der Waals surface area (Å²) in [4.78, 5) is 0. The third-order valence-corrected chi connectivity index (χ3v) is 3.26. The van der Waals surface area contributed by atoms with Gasteiger partial charge in [-0.25, -0.2) is 0 Å². The van der Waals surface area contributed by atoms with Gasteiger partial charge in [0.2, 0.25) is 0 Å². The third kappa shape index (κ3) is 2.77. The van der Waals surface area contributed by atoms with Gasteiger partial charge >= 0.3 is 0 Å². The van der Waals surface area contributed by atoms with Gasteiger partial charge in [0.15, 0.2) is 5.75 Å². The highest BCUT2D eigenvalue weighted by Gasteiger charge is 2.16. The summed E-state index contributed by atoms with van der Waals surface area (Å²) in [6, 6.07) is 3.23. The molecule has 1 aromatic rings. The Kier molecular flexibility index (Phi) is 4.26. The summed E-state index contributed by atoms with van der Waals surface area (Å²) in [6.45, 7) is 4.15. The van der Waals surface area contributed by atoms with Gasteiger partial charge in [0.1, 0.15) is 0 Å². The molecule has 1 aromatic carbocycles. The molecule has 0 aliphatic heterocycles. The Morgan fingerprint density at radius 3 is 2.20 bits per heavy atom. The Hall–Kier alpha value is -0.440. The predicted molar refractivity (Wildman–Crippen MR) is 64.5 cm³/mol. The van der Waals surface area contributed by atoms with Crippen molar-refractivity contribution in [1.29, 1.82) is 0 Å². The van der Waals surface area contributed by atoms with Crippen LogP contribution in [0.2, 0.25) is 10.0 Å². The fraction of sp³-hybridized carbons (Fsp3) is 0.455. The summed E-state index contributed by atoms with van der Waals surface area (Å²) in [5, 5.41) is 9.90. The van der Waals surface area contributed by atoms with Crippen molar-refractivity contribution in [2.75, 3.05) is 0 Å².